The first-order valence-electron chi connectivity index (χ1n) is 11.2. The molecule has 0 aromatic heterocycles. The van der Waals surface area contributed by atoms with Gasteiger partial charge in [0.05, 0.1) is 22.0 Å². The number of benzene rings is 2. The second-order valence-corrected chi connectivity index (χ2v) is 11.4. The number of anilines is 1. The van der Waals surface area contributed by atoms with Gasteiger partial charge in [-0.05, 0) is 44.0 Å². The summed E-state index contributed by atoms with van der Waals surface area (Å²) in [5, 5.41) is 3.31. The maximum atomic E-state index is 14.4. The molecule has 11 heteroatoms. The van der Waals surface area contributed by atoms with Crippen molar-refractivity contribution in [3.63, 3.8) is 0 Å². The van der Waals surface area contributed by atoms with E-state index in [-0.39, 0.29) is 39.8 Å². The van der Waals surface area contributed by atoms with Crippen LogP contribution in [0.2, 0.25) is 10.0 Å². The molecule has 1 aliphatic carbocycles. The summed E-state index contributed by atoms with van der Waals surface area (Å²) in [5.41, 5.74) is 0.353. The molecule has 0 radical (unpaired) electrons. The Morgan fingerprint density at radius 2 is 1.77 bits per heavy atom. The molecule has 0 heterocycles. The van der Waals surface area contributed by atoms with Crippen molar-refractivity contribution < 1.29 is 22.4 Å². The Balaban J connectivity index is 1.90. The van der Waals surface area contributed by atoms with E-state index in [1.807, 2.05) is 0 Å². The SMILES string of the molecule is CC(C(=O)NC1CCCC1)N(Cc1ccccc1F)C(=O)CN(c1ccc(Cl)c(Cl)c1)S(C)(=O)=O. The molecule has 1 aliphatic rings. The highest BCUT2D eigenvalue weighted by atomic mass is 35.5. The molecule has 0 bridgehead atoms. The van der Waals surface area contributed by atoms with Crippen LogP contribution in [0.1, 0.15) is 38.2 Å². The van der Waals surface area contributed by atoms with Gasteiger partial charge in [-0.25, -0.2) is 12.8 Å². The van der Waals surface area contributed by atoms with Crippen molar-refractivity contribution in [2.24, 2.45) is 0 Å². The van der Waals surface area contributed by atoms with Crippen LogP contribution in [0.25, 0.3) is 0 Å². The number of hydrogen-bond acceptors (Lipinski definition) is 4. The minimum absolute atomic E-state index is 0.0269. The van der Waals surface area contributed by atoms with E-state index in [1.54, 1.807) is 13.0 Å². The third kappa shape index (κ3) is 7.08. The lowest BCUT2D eigenvalue weighted by Gasteiger charge is -2.32. The fraction of sp³-hybridized carbons (Fsp3) is 0.417. The van der Waals surface area contributed by atoms with Crippen LogP contribution < -0.4 is 9.62 Å². The van der Waals surface area contributed by atoms with E-state index in [0.717, 1.165) is 36.2 Å². The van der Waals surface area contributed by atoms with Gasteiger partial charge in [0.2, 0.25) is 21.8 Å². The molecule has 1 fully saturated rings. The minimum atomic E-state index is -3.91. The van der Waals surface area contributed by atoms with E-state index >= 15 is 0 Å². The number of halogens is 3. The molecule has 1 unspecified atom stereocenters. The number of amides is 2. The van der Waals surface area contributed by atoms with Gasteiger partial charge in [0.25, 0.3) is 0 Å². The quantitative estimate of drug-likeness (QED) is 0.508. The number of rotatable bonds is 9. The molecule has 35 heavy (non-hydrogen) atoms. The summed E-state index contributed by atoms with van der Waals surface area (Å²) in [6.07, 6.45) is 4.71. The zero-order valence-electron chi connectivity index (χ0n) is 19.5. The second kappa shape index (κ2) is 11.6. The summed E-state index contributed by atoms with van der Waals surface area (Å²) in [4.78, 5) is 27.7. The molecule has 1 atom stereocenters. The number of carbonyl (C=O) groups excluding carboxylic acids is 2. The van der Waals surface area contributed by atoms with Gasteiger partial charge in [-0.3, -0.25) is 13.9 Å². The molecule has 0 aliphatic heterocycles. The Bertz CT molecular complexity index is 1190. The van der Waals surface area contributed by atoms with Crippen LogP contribution >= 0.6 is 23.2 Å². The van der Waals surface area contributed by atoms with Gasteiger partial charge in [0.15, 0.2) is 0 Å². The Labute approximate surface area is 215 Å². The van der Waals surface area contributed by atoms with Crippen molar-refractivity contribution in [3.05, 3.63) is 63.9 Å². The first-order valence-corrected chi connectivity index (χ1v) is 13.8. The zero-order chi connectivity index (χ0) is 25.8. The first-order chi connectivity index (χ1) is 16.5. The summed E-state index contributed by atoms with van der Waals surface area (Å²) in [6.45, 7) is 0.739. The van der Waals surface area contributed by atoms with Crippen LogP contribution in [-0.2, 0) is 26.2 Å². The molecule has 7 nitrogen and oxygen atoms in total. The summed E-state index contributed by atoms with van der Waals surface area (Å²) in [7, 11) is -3.91. The van der Waals surface area contributed by atoms with Crippen LogP contribution in [0.4, 0.5) is 10.1 Å². The maximum absolute atomic E-state index is 14.4. The topological polar surface area (TPSA) is 86.8 Å². The fourth-order valence-corrected chi connectivity index (χ4v) is 5.17. The number of nitrogens with one attached hydrogen (secondary N) is 1. The minimum Gasteiger partial charge on any atom is -0.352 e. The lowest BCUT2D eigenvalue weighted by atomic mass is 10.1. The predicted octanol–water partition coefficient (Wildman–Crippen LogP) is 4.37. The number of sulfonamides is 1. The molecular weight excluding hydrogens is 516 g/mol. The maximum Gasteiger partial charge on any atom is 0.244 e. The van der Waals surface area contributed by atoms with Gasteiger partial charge >= 0.3 is 0 Å². The highest BCUT2D eigenvalue weighted by Crippen LogP contribution is 2.29. The van der Waals surface area contributed by atoms with Crippen molar-refractivity contribution >= 4 is 50.7 Å². The molecule has 190 valence electrons. The zero-order valence-corrected chi connectivity index (χ0v) is 21.8. The van der Waals surface area contributed by atoms with Gasteiger partial charge in [0.1, 0.15) is 18.4 Å². The normalized spacial score (nSPS) is 15.0. The molecule has 2 aromatic rings. The van der Waals surface area contributed by atoms with E-state index in [2.05, 4.69) is 5.32 Å². The molecule has 2 amide bonds. The van der Waals surface area contributed by atoms with Crippen LogP contribution in [0.3, 0.4) is 0 Å². The van der Waals surface area contributed by atoms with Crippen LogP contribution in [-0.4, -0.2) is 50.0 Å². The lowest BCUT2D eigenvalue weighted by molar-refractivity contribution is -0.139. The van der Waals surface area contributed by atoms with Crippen molar-refractivity contribution in [1.29, 1.82) is 0 Å². The number of carbonyl (C=O) groups is 2. The van der Waals surface area contributed by atoms with Crippen LogP contribution in [0.5, 0.6) is 0 Å². The number of nitrogens with zero attached hydrogens (tertiary/aromatic N) is 2. The Morgan fingerprint density at radius 3 is 2.37 bits per heavy atom. The van der Waals surface area contributed by atoms with Crippen molar-refractivity contribution in [1.82, 2.24) is 10.2 Å². The number of hydrogen-bond donors (Lipinski definition) is 1. The van der Waals surface area contributed by atoms with Crippen molar-refractivity contribution in [3.8, 4) is 0 Å². The smallest absolute Gasteiger partial charge is 0.244 e. The third-order valence-electron chi connectivity index (χ3n) is 6.04. The van der Waals surface area contributed by atoms with E-state index in [1.165, 1.54) is 41.3 Å². The highest BCUT2D eigenvalue weighted by Gasteiger charge is 2.32. The van der Waals surface area contributed by atoms with Crippen molar-refractivity contribution in [2.45, 2.75) is 51.2 Å². The summed E-state index contributed by atoms with van der Waals surface area (Å²) >= 11 is 12.0. The van der Waals surface area contributed by atoms with Gasteiger partial charge in [-0.15, -0.1) is 0 Å². The largest absolute Gasteiger partial charge is 0.352 e. The van der Waals surface area contributed by atoms with E-state index in [9.17, 15) is 22.4 Å². The monoisotopic (exact) mass is 543 g/mol. The molecule has 0 saturated heterocycles. The summed E-state index contributed by atoms with van der Waals surface area (Å²) in [5.74, 6) is -1.57. The Hall–Kier alpha value is -2.36. The van der Waals surface area contributed by atoms with E-state index in [0.29, 0.717) is 0 Å². The second-order valence-electron chi connectivity index (χ2n) is 8.65. The third-order valence-corrected chi connectivity index (χ3v) is 7.92. The average molecular weight is 544 g/mol. The Morgan fingerprint density at radius 1 is 1.11 bits per heavy atom. The van der Waals surface area contributed by atoms with Gasteiger partial charge in [-0.2, -0.15) is 0 Å². The van der Waals surface area contributed by atoms with Gasteiger partial charge in [-0.1, -0.05) is 54.2 Å². The molecule has 2 aromatic carbocycles. The Kier molecular flexibility index (Phi) is 9.01. The summed E-state index contributed by atoms with van der Waals surface area (Å²) < 4.78 is 40.5. The van der Waals surface area contributed by atoms with Crippen LogP contribution in [0.15, 0.2) is 42.5 Å². The molecule has 1 N–H and O–H groups in total. The van der Waals surface area contributed by atoms with Gasteiger partial charge in [0, 0.05) is 18.2 Å². The molecule has 1 saturated carbocycles. The lowest BCUT2D eigenvalue weighted by Crippen LogP contribution is -2.52. The molecule has 3 rings (SSSR count). The standard InChI is InChI=1S/C24H28Cl2FN3O4S/c1-16(24(32)28-18-8-4-5-9-18)29(14-17-7-3-6-10-22(17)27)23(31)15-30(35(2,33)34)19-11-12-20(25)21(26)13-19/h3,6-7,10-13,16,18H,4-5,8-9,14-15H2,1-2H3,(H,28,32). The van der Waals surface area contributed by atoms with Crippen LogP contribution in [0, 0.1) is 5.82 Å². The molecular formula is C24H28Cl2FN3O4S. The first kappa shape index (κ1) is 27.2. The predicted molar refractivity (Wildman–Crippen MR) is 135 cm³/mol. The van der Waals surface area contributed by atoms with E-state index in [4.69, 9.17) is 23.2 Å². The molecule has 0 spiro atoms. The van der Waals surface area contributed by atoms with Gasteiger partial charge < -0.3 is 10.2 Å². The van der Waals surface area contributed by atoms with Crippen molar-refractivity contribution in [2.75, 3.05) is 17.1 Å². The summed E-state index contributed by atoms with van der Waals surface area (Å²) in [6, 6.07) is 9.20. The average Bonchev–Trinajstić information content (AvgIpc) is 3.30. The van der Waals surface area contributed by atoms with E-state index < -0.39 is 34.3 Å². The fourth-order valence-electron chi connectivity index (χ4n) is 4.04. The highest BCUT2D eigenvalue weighted by molar-refractivity contribution is 7.92.